The highest BCUT2D eigenvalue weighted by molar-refractivity contribution is 6.99. The van der Waals surface area contributed by atoms with Crippen LogP contribution in [0.4, 0.5) is 5.82 Å². The molecule has 0 aromatic carbocycles. The van der Waals surface area contributed by atoms with Crippen LogP contribution in [-0.4, -0.2) is 39.8 Å². The number of hydrogen-bond acceptors (Lipinski definition) is 4. The number of morpholine rings is 1. The van der Waals surface area contributed by atoms with Crippen molar-refractivity contribution in [3.63, 3.8) is 0 Å². The molecule has 5 heteroatoms. The van der Waals surface area contributed by atoms with Crippen molar-refractivity contribution >= 4 is 17.5 Å². The van der Waals surface area contributed by atoms with Crippen molar-refractivity contribution in [3.8, 4) is 0 Å². The van der Waals surface area contributed by atoms with Gasteiger partial charge in [-0.15, -0.1) is 0 Å². The van der Waals surface area contributed by atoms with Crippen LogP contribution in [0.15, 0.2) is 0 Å². The lowest BCUT2D eigenvalue weighted by molar-refractivity contribution is -0.0439. The van der Waals surface area contributed by atoms with E-state index < -0.39 is 0 Å². The highest BCUT2D eigenvalue weighted by atomic mass is 32.1. The maximum Gasteiger partial charge on any atom is 0.166 e. The third kappa shape index (κ3) is 2.29. The lowest BCUT2D eigenvalue weighted by Gasteiger charge is -2.27. The molecule has 4 nitrogen and oxygen atoms in total. The van der Waals surface area contributed by atoms with Crippen molar-refractivity contribution in [2.24, 2.45) is 0 Å². The Hall–Kier alpha value is -0.680. The van der Waals surface area contributed by atoms with Crippen LogP contribution in [0.3, 0.4) is 0 Å². The van der Waals surface area contributed by atoms with Crippen LogP contribution in [0.2, 0.25) is 0 Å². The maximum absolute atomic E-state index is 4.42. The maximum atomic E-state index is 4.42. The van der Waals surface area contributed by atoms with Crippen LogP contribution in [0, 0.1) is 0 Å². The van der Waals surface area contributed by atoms with E-state index in [9.17, 15) is 0 Å². The molecule has 1 N–H and O–H groups in total. The summed E-state index contributed by atoms with van der Waals surface area (Å²) in [6.45, 7) is 10.3. The third-order valence-corrected chi connectivity index (χ3v) is 3.06. The molecular weight excluding hydrogens is 210 g/mol. The minimum absolute atomic E-state index is 0.0803. The molecule has 1 aromatic heterocycles. The van der Waals surface area contributed by atoms with E-state index in [1.165, 1.54) is 11.7 Å². The molecule has 0 bridgehead atoms. The van der Waals surface area contributed by atoms with Crippen molar-refractivity contribution in [2.45, 2.75) is 26.2 Å². The smallest absolute Gasteiger partial charge is 0.166 e. The van der Waals surface area contributed by atoms with E-state index in [2.05, 4.69) is 39.2 Å². The molecule has 0 aliphatic carbocycles. The number of aromatic nitrogens is 2. The molecule has 0 spiro atoms. The van der Waals surface area contributed by atoms with E-state index in [4.69, 9.17) is 0 Å². The van der Waals surface area contributed by atoms with E-state index in [0.29, 0.717) is 0 Å². The van der Waals surface area contributed by atoms with Crippen LogP contribution in [0.5, 0.6) is 0 Å². The van der Waals surface area contributed by atoms with Gasteiger partial charge in [0.2, 0.25) is 0 Å². The summed E-state index contributed by atoms with van der Waals surface area (Å²) >= 11 is 1.31. The molecule has 0 amide bonds. The molecule has 1 aliphatic heterocycles. The first-order valence-corrected chi connectivity index (χ1v) is 6.03. The monoisotopic (exact) mass is 228 g/mol. The highest BCUT2D eigenvalue weighted by Crippen LogP contribution is 2.30. The summed E-state index contributed by atoms with van der Waals surface area (Å²) in [7, 11) is 0. The molecule has 0 unspecified atom stereocenters. The van der Waals surface area contributed by atoms with Crippen LogP contribution >= 0.6 is 11.7 Å². The van der Waals surface area contributed by atoms with Crippen molar-refractivity contribution < 1.29 is 4.74 Å². The fraction of sp³-hybridized carbons (Fsp3) is 0.800. The zero-order chi connectivity index (χ0) is 10.9. The summed E-state index contributed by atoms with van der Waals surface area (Å²) in [4.78, 5) is 2.30. The predicted molar refractivity (Wildman–Crippen MR) is 62.8 cm³/mol. The molecule has 15 heavy (non-hydrogen) atoms. The van der Waals surface area contributed by atoms with E-state index in [1.54, 1.807) is 0 Å². The van der Waals surface area contributed by atoms with Crippen LogP contribution < -0.4 is 4.90 Å². The molecule has 0 atom stereocenters. The van der Waals surface area contributed by atoms with E-state index in [1.807, 2.05) is 0 Å². The van der Waals surface area contributed by atoms with E-state index in [0.717, 1.165) is 37.8 Å². The molecular formula is C10H18N3OS+. The minimum atomic E-state index is 0.0803. The predicted octanol–water partition coefficient (Wildman–Crippen LogP) is 1.18. The zero-order valence-electron chi connectivity index (χ0n) is 9.53. The Kier molecular flexibility index (Phi) is 2.93. The summed E-state index contributed by atoms with van der Waals surface area (Å²) in [6.07, 6.45) is 0. The molecule has 2 rings (SSSR count). The Morgan fingerprint density at radius 2 is 1.87 bits per heavy atom. The largest absolute Gasteiger partial charge is 0.431 e. The van der Waals surface area contributed by atoms with Crippen molar-refractivity contribution in [2.75, 3.05) is 31.2 Å². The Labute approximate surface area is 94.6 Å². The number of anilines is 1. The summed E-state index contributed by atoms with van der Waals surface area (Å²) in [5.41, 5.74) is 1.20. The van der Waals surface area contributed by atoms with Crippen LogP contribution in [-0.2, 0) is 5.41 Å². The number of hydrogen-bond donors (Lipinski definition) is 0. The van der Waals surface area contributed by atoms with Gasteiger partial charge in [0.25, 0.3) is 0 Å². The van der Waals surface area contributed by atoms with Gasteiger partial charge in [-0.25, -0.2) is 0 Å². The van der Waals surface area contributed by atoms with Gasteiger partial charge in [0.1, 0.15) is 5.69 Å². The van der Waals surface area contributed by atoms with Crippen molar-refractivity contribution in [1.82, 2.24) is 8.75 Å². The first kappa shape index (κ1) is 10.8. The average molecular weight is 228 g/mol. The zero-order valence-corrected chi connectivity index (χ0v) is 10.3. The molecule has 1 saturated heterocycles. The second-order valence-electron chi connectivity index (χ2n) is 4.84. The molecule has 1 fully saturated rings. The Balaban J connectivity index is 2.24. The van der Waals surface area contributed by atoms with Gasteiger partial charge in [0, 0.05) is 5.41 Å². The van der Waals surface area contributed by atoms with Gasteiger partial charge < -0.3 is 9.64 Å². The number of nitrogens with zero attached hydrogens (tertiary/aromatic N) is 3. The fourth-order valence-electron chi connectivity index (χ4n) is 1.68. The first-order valence-electron chi connectivity index (χ1n) is 5.30. The van der Waals surface area contributed by atoms with Gasteiger partial charge in [-0.1, -0.05) is 20.8 Å². The van der Waals surface area contributed by atoms with Crippen molar-refractivity contribution in [1.29, 1.82) is 0 Å². The summed E-state index contributed by atoms with van der Waals surface area (Å²) in [5.74, 6) is 1.07. The molecule has 0 saturated carbocycles. The van der Waals surface area contributed by atoms with Crippen LogP contribution in [0.1, 0.15) is 26.5 Å². The normalized spacial score (nSPS) is 18.2. The standard InChI is InChI=1S/C10H17N3OS/c1-10(2,3)8-9(12-15-11-8)13-4-6-14-7-5-13/h4-7H2,1-3H3/p+1. The molecule has 1 aromatic rings. The third-order valence-electron chi connectivity index (χ3n) is 2.54. The minimum Gasteiger partial charge on any atom is -0.431 e. The Morgan fingerprint density at radius 3 is 2.47 bits per heavy atom. The number of rotatable bonds is 1. The Morgan fingerprint density at radius 1 is 1.20 bits per heavy atom. The van der Waals surface area contributed by atoms with E-state index in [-0.39, 0.29) is 5.41 Å². The van der Waals surface area contributed by atoms with Gasteiger partial charge in [-0.05, 0) is 0 Å². The topological polar surface area (TPSA) is 41.8 Å². The average Bonchev–Trinajstić information content (AvgIpc) is 2.67. The lowest BCUT2D eigenvalue weighted by atomic mass is 9.92. The summed E-state index contributed by atoms with van der Waals surface area (Å²) in [6, 6.07) is 0. The Bertz CT molecular complexity index is 326. The quantitative estimate of drug-likeness (QED) is 0.678. The van der Waals surface area contributed by atoms with Gasteiger partial charge in [0.05, 0.1) is 24.8 Å². The first-order chi connectivity index (χ1) is 7.09. The van der Waals surface area contributed by atoms with Crippen molar-refractivity contribution in [3.05, 3.63) is 5.69 Å². The SMILES string of the molecule is CC(C)(C)c1nsnc1N1CC[OH+]CC1. The summed E-state index contributed by atoms with van der Waals surface area (Å²) in [5, 5.41) is 0. The van der Waals surface area contributed by atoms with Gasteiger partial charge in [0.15, 0.2) is 19.0 Å². The summed E-state index contributed by atoms with van der Waals surface area (Å²) < 4.78 is 13.2. The fourth-order valence-corrected chi connectivity index (χ4v) is 2.44. The van der Waals surface area contributed by atoms with Gasteiger partial charge in [-0.3, -0.25) is 0 Å². The molecule has 0 radical (unpaired) electrons. The number of ether oxygens (including phenoxy) is 1. The molecule has 2 heterocycles. The van der Waals surface area contributed by atoms with Gasteiger partial charge >= 0.3 is 0 Å². The molecule has 84 valence electrons. The molecule has 1 aliphatic rings. The second-order valence-corrected chi connectivity index (χ2v) is 5.37. The van der Waals surface area contributed by atoms with Gasteiger partial charge in [-0.2, -0.15) is 8.75 Å². The van der Waals surface area contributed by atoms with E-state index >= 15 is 0 Å². The lowest BCUT2D eigenvalue weighted by Crippen LogP contribution is -2.39. The number of aliphatic hydroxyl groups is 2. The second kappa shape index (κ2) is 4.06. The van der Waals surface area contributed by atoms with Crippen LogP contribution in [0.25, 0.3) is 0 Å². The highest BCUT2D eigenvalue weighted by Gasteiger charge is 2.27.